The number of nitrogens with two attached hydrogens (primary N) is 2. The molecule has 0 saturated carbocycles. The summed E-state index contributed by atoms with van der Waals surface area (Å²) in [6.45, 7) is 3.43. The third-order valence-corrected chi connectivity index (χ3v) is 19.3. The first-order chi connectivity index (χ1) is 35.2. The molecular weight excluding hydrogens is 1180 g/mol. The largest absolute Gasteiger partial charge is 1.00 e. The molecule has 4 aromatic heterocycles. The Hall–Kier alpha value is -4.30. The summed E-state index contributed by atoms with van der Waals surface area (Å²) in [6.07, 6.45) is -0.284. The fourth-order valence-electron chi connectivity index (χ4n) is 7.20. The van der Waals surface area contributed by atoms with Gasteiger partial charge < -0.3 is 61.8 Å². The number of carbonyl (C=O) groups is 8. The van der Waals surface area contributed by atoms with E-state index in [0.717, 1.165) is 32.5 Å². The van der Waals surface area contributed by atoms with Gasteiger partial charge in [0.25, 0.3) is 23.6 Å². The van der Waals surface area contributed by atoms with Crippen LogP contribution in [0.2, 0.25) is 0 Å². The average molecular weight is 1210 g/mol. The van der Waals surface area contributed by atoms with E-state index in [-0.39, 0.29) is 139 Å². The van der Waals surface area contributed by atoms with E-state index in [1.54, 1.807) is 13.8 Å². The van der Waals surface area contributed by atoms with Gasteiger partial charge in [-0.15, -0.1) is 68.9 Å². The van der Waals surface area contributed by atoms with Crippen molar-refractivity contribution >= 4 is 162 Å². The van der Waals surface area contributed by atoms with E-state index in [1.807, 2.05) is 0 Å². The van der Waals surface area contributed by atoms with Gasteiger partial charge in [0, 0.05) is 43.5 Å². The molecule has 4 aliphatic rings. The number of anilines is 2. The number of rotatable bonds is 20. The van der Waals surface area contributed by atoms with Gasteiger partial charge in [-0.25, -0.2) is 19.9 Å². The predicted molar refractivity (Wildman–Crippen MR) is 272 cm³/mol. The van der Waals surface area contributed by atoms with Gasteiger partial charge >= 0.3 is 71.1 Å². The Morgan fingerprint density at radius 3 is 1.37 bits per heavy atom. The molecule has 4 atom stereocenters. The van der Waals surface area contributed by atoms with Crippen molar-refractivity contribution in [2.24, 2.45) is 10.3 Å². The van der Waals surface area contributed by atoms with Crippen molar-refractivity contribution in [1.29, 1.82) is 0 Å². The van der Waals surface area contributed by atoms with Gasteiger partial charge in [0.1, 0.15) is 48.4 Å². The number of hydrogen-bond donors (Lipinski definition) is 6. The van der Waals surface area contributed by atoms with Crippen molar-refractivity contribution in [1.82, 2.24) is 40.4 Å². The molecule has 36 heteroatoms. The van der Waals surface area contributed by atoms with Crippen molar-refractivity contribution in [3.05, 3.63) is 65.8 Å². The van der Waals surface area contributed by atoms with Gasteiger partial charge in [0.2, 0.25) is 0 Å². The average Bonchev–Trinajstić information content (AvgIpc) is 4.15. The number of thiazole rings is 4. The fraction of sp³-hybridized carbons (Fsp3) is 0.350. The molecule has 76 heavy (non-hydrogen) atoms. The minimum atomic E-state index is -1.50. The number of fused-ring (bicyclic) bond motifs is 2. The molecule has 4 aliphatic heterocycles. The van der Waals surface area contributed by atoms with Crippen LogP contribution < -0.4 is 91.4 Å². The summed E-state index contributed by atoms with van der Waals surface area (Å²) in [6, 6.07) is -1.97. The topological polar surface area (TPSA) is 400 Å². The van der Waals surface area contributed by atoms with E-state index >= 15 is 0 Å². The number of hydrogen-bond acceptors (Lipinski definition) is 28. The van der Waals surface area contributed by atoms with Crippen LogP contribution in [0.25, 0.3) is 0 Å². The minimum Gasteiger partial charge on any atom is -0.543 e. The molecule has 0 aliphatic carbocycles. The molecule has 8 heterocycles. The number of nitrogens with zero attached hydrogens (tertiary/aromatic N) is 8. The van der Waals surface area contributed by atoms with E-state index in [9.17, 15) is 48.6 Å². The molecule has 8 N–H and O–H groups in total. The molecular formula is C40H38N12Na2O14S8. The summed E-state index contributed by atoms with van der Waals surface area (Å²) in [7, 11) is 2.51. The quantitative estimate of drug-likeness (QED) is 0.0157. The second kappa shape index (κ2) is 27.5. The zero-order valence-corrected chi connectivity index (χ0v) is 51.0. The van der Waals surface area contributed by atoms with Crippen molar-refractivity contribution in [3.63, 3.8) is 0 Å². The van der Waals surface area contributed by atoms with Crippen LogP contribution in [0.4, 0.5) is 10.3 Å². The van der Waals surface area contributed by atoms with Gasteiger partial charge in [-0.2, -0.15) is 0 Å². The second-order valence-electron chi connectivity index (χ2n) is 15.3. The Kier molecular flexibility index (Phi) is 22.7. The maximum atomic E-state index is 12.9. The number of β-lactam (4-membered cyclic amide) rings is 2. The number of nitrogens with one attached hydrogen (secondary N) is 2. The van der Waals surface area contributed by atoms with Crippen LogP contribution in [-0.4, -0.2) is 159 Å². The zero-order valence-electron chi connectivity index (χ0n) is 40.5. The second-order valence-corrected chi connectivity index (χ2v) is 23.9. The molecule has 0 aromatic carbocycles. The van der Waals surface area contributed by atoms with E-state index in [0.29, 0.717) is 41.0 Å². The third kappa shape index (κ3) is 14.3. The molecule has 2 saturated heterocycles. The van der Waals surface area contributed by atoms with Gasteiger partial charge in [0.05, 0.1) is 47.6 Å². The van der Waals surface area contributed by atoms with Crippen LogP contribution >= 0.6 is 92.4 Å². The number of amides is 4. The van der Waals surface area contributed by atoms with Crippen LogP contribution in [-0.2, 0) is 60.9 Å². The minimum absolute atomic E-state index is 0. The maximum absolute atomic E-state index is 12.9. The van der Waals surface area contributed by atoms with Crippen LogP contribution in [0, 0.1) is 13.8 Å². The van der Waals surface area contributed by atoms with E-state index in [1.165, 1.54) is 94.7 Å². The molecule has 0 spiro atoms. The summed E-state index contributed by atoms with van der Waals surface area (Å²) in [4.78, 5) is 127. The first-order valence-electron chi connectivity index (χ1n) is 20.9. The number of aryl methyl sites for hydroxylation is 2. The van der Waals surface area contributed by atoms with Crippen LogP contribution in [0.1, 0.15) is 32.5 Å². The monoisotopic (exact) mass is 1210 g/mol. The number of carboxylic acids is 4. The van der Waals surface area contributed by atoms with Gasteiger partial charge in [-0.3, -0.25) is 38.6 Å². The molecule has 4 aromatic rings. The summed E-state index contributed by atoms with van der Waals surface area (Å²) in [5.74, 6) is -6.56. The Morgan fingerprint density at radius 2 is 1.07 bits per heavy atom. The molecule has 0 unspecified atom stereocenters. The Labute approximate surface area is 507 Å². The molecule has 0 radical (unpaired) electrons. The SMILES string of the molecule is CON=C(C(=O)N[C@@H]1C(=O)N2C(C(=O)[O-])=C(CSc3nc(C)c(CC(=O)O)s3)CS[C@H]12)c1csc(N)n1.CON=C(C(=O)N[C@@H]1C(=O)N2C(C(=O)[O-])=C(CSc3nc(C)c(CC(=O)O)s3)CS[C@H]12)c1csc(N)n1.[Na+].[Na+]. The van der Waals surface area contributed by atoms with Crippen molar-refractivity contribution in [3.8, 4) is 0 Å². The number of thioether (sulfide) groups is 4. The van der Waals surface area contributed by atoms with Crippen molar-refractivity contribution < 1.29 is 128 Å². The number of oxime groups is 2. The van der Waals surface area contributed by atoms with Crippen LogP contribution in [0.3, 0.4) is 0 Å². The Balaban J connectivity index is 0.000000274. The standard InChI is InChI=1S/2C20H20N6O7S4.2Na/c2*1-7-10(3-11(27)28)37-20(22-7)36-5-8-4-34-17-13(16(30)26(17)14(8)18(31)32)24-15(29)12(25-33-2)9-6-35-19(21)23-9;;/h2*6,13,17H,3-5H2,1-2H3,(H2,21,23)(H,24,29)(H,27,28)(H,31,32);;/q;;2*+1/p-2/t2*13-,17-;;/m11../s1. The summed E-state index contributed by atoms with van der Waals surface area (Å²) in [5.41, 5.74) is 13.0. The van der Waals surface area contributed by atoms with E-state index in [4.69, 9.17) is 31.4 Å². The summed E-state index contributed by atoms with van der Waals surface area (Å²) in [5, 5.41) is 56.8. The predicted octanol–water partition coefficient (Wildman–Crippen LogP) is -6.66. The smallest absolute Gasteiger partial charge is 0.543 e. The zero-order chi connectivity index (χ0) is 53.7. The Bertz CT molecular complexity index is 2890. The molecule has 392 valence electrons. The molecule has 26 nitrogen and oxygen atoms in total. The van der Waals surface area contributed by atoms with E-state index < -0.39 is 70.3 Å². The van der Waals surface area contributed by atoms with Crippen molar-refractivity contribution in [2.75, 3.05) is 48.7 Å². The number of aliphatic carboxylic acids is 4. The molecule has 0 bridgehead atoms. The van der Waals surface area contributed by atoms with E-state index in [2.05, 4.69) is 40.9 Å². The fourth-order valence-corrected chi connectivity index (χ4v) is 15.7. The van der Waals surface area contributed by atoms with Crippen LogP contribution in [0.15, 0.2) is 52.3 Å². The number of aromatic nitrogens is 4. The van der Waals surface area contributed by atoms with Crippen molar-refractivity contribution in [2.45, 2.75) is 58.2 Å². The van der Waals surface area contributed by atoms with Crippen LogP contribution in [0.5, 0.6) is 0 Å². The third-order valence-electron chi connectivity index (χ3n) is 10.5. The molecule has 2 fully saturated rings. The Morgan fingerprint density at radius 1 is 0.697 bits per heavy atom. The van der Waals surface area contributed by atoms with Gasteiger partial charge in [-0.05, 0) is 25.0 Å². The normalized spacial score (nSPS) is 18.8. The number of carboxylic acid groups (broad SMARTS) is 4. The molecule has 8 rings (SSSR count). The van der Waals surface area contributed by atoms with Gasteiger partial charge in [0.15, 0.2) is 30.4 Å². The number of nitrogen functional groups attached to an aromatic ring is 2. The first kappa shape index (κ1) is 62.5. The summed E-state index contributed by atoms with van der Waals surface area (Å²) < 4.78 is 1.19. The first-order valence-corrected chi connectivity index (χ1v) is 28.3. The van der Waals surface area contributed by atoms with Gasteiger partial charge in [-0.1, -0.05) is 33.8 Å². The number of carbonyl (C=O) groups excluding carboxylic acids is 6. The maximum Gasteiger partial charge on any atom is 1.00 e. The summed E-state index contributed by atoms with van der Waals surface area (Å²) >= 11 is 9.79. The molecule has 4 amide bonds.